The normalized spacial score (nSPS) is 13.4. The van der Waals surface area contributed by atoms with Crippen molar-refractivity contribution < 1.29 is 23.5 Å². The molecule has 20 heavy (non-hydrogen) atoms. The van der Waals surface area contributed by atoms with E-state index < -0.39 is 23.6 Å². The van der Waals surface area contributed by atoms with E-state index in [0.717, 1.165) is 0 Å². The van der Waals surface area contributed by atoms with E-state index in [2.05, 4.69) is 4.74 Å². The van der Waals surface area contributed by atoms with E-state index >= 15 is 0 Å². The summed E-state index contributed by atoms with van der Waals surface area (Å²) in [5.41, 5.74) is 0.562. The Kier molecular flexibility index (Phi) is 5.55. The Morgan fingerprint density at radius 1 is 1.15 bits per heavy atom. The van der Waals surface area contributed by atoms with Crippen molar-refractivity contribution in [2.24, 2.45) is 5.92 Å². The smallest absolute Gasteiger partial charge is 0.316 e. The van der Waals surface area contributed by atoms with Crippen LogP contribution in [0.4, 0.5) is 4.39 Å². The van der Waals surface area contributed by atoms with Crippen molar-refractivity contribution in [3.63, 3.8) is 0 Å². The van der Waals surface area contributed by atoms with Gasteiger partial charge in [0.25, 0.3) is 0 Å². The van der Waals surface area contributed by atoms with Gasteiger partial charge in [0.2, 0.25) is 0 Å². The molecule has 1 rings (SSSR count). The molecule has 0 radical (unpaired) electrons. The van der Waals surface area contributed by atoms with Gasteiger partial charge in [-0.05, 0) is 31.5 Å². The largest absolute Gasteiger partial charge is 0.468 e. The lowest BCUT2D eigenvalue weighted by molar-refractivity contribution is -0.150. The summed E-state index contributed by atoms with van der Waals surface area (Å²) in [4.78, 5) is 34.9. The third kappa shape index (κ3) is 3.98. The number of ether oxygens (including phenoxy) is 1. The maximum Gasteiger partial charge on any atom is 0.316 e. The predicted molar refractivity (Wildman–Crippen MR) is 70.6 cm³/mol. The predicted octanol–water partition coefficient (Wildman–Crippen LogP) is 2.27. The molecule has 0 saturated carbocycles. The van der Waals surface area contributed by atoms with Crippen LogP contribution in [0.15, 0.2) is 24.3 Å². The van der Waals surface area contributed by atoms with Crippen LogP contribution >= 0.6 is 0 Å². The van der Waals surface area contributed by atoms with Gasteiger partial charge in [-0.1, -0.05) is 12.1 Å². The fourth-order valence-corrected chi connectivity index (χ4v) is 2.19. The molecule has 5 heteroatoms. The van der Waals surface area contributed by atoms with Crippen LogP contribution in [0.5, 0.6) is 0 Å². The molecule has 0 heterocycles. The zero-order valence-electron chi connectivity index (χ0n) is 11.7. The second-order valence-corrected chi connectivity index (χ2v) is 4.68. The van der Waals surface area contributed by atoms with Gasteiger partial charge in [-0.3, -0.25) is 9.59 Å². The quantitative estimate of drug-likeness (QED) is 0.592. The average molecular weight is 280 g/mol. The van der Waals surface area contributed by atoms with Gasteiger partial charge >= 0.3 is 5.97 Å². The van der Waals surface area contributed by atoms with E-state index in [-0.39, 0.29) is 18.0 Å². The maximum atomic E-state index is 13.0. The fraction of sp³-hybridized carbons (Fsp3) is 0.400. The van der Waals surface area contributed by atoms with Gasteiger partial charge in [0.1, 0.15) is 23.3 Å². The molecule has 0 saturated heterocycles. The third-order valence-corrected chi connectivity index (χ3v) is 3.10. The summed E-state index contributed by atoms with van der Waals surface area (Å²) in [6.07, 6.45) is 0.0188. The van der Waals surface area contributed by atoms with Crippen molar-refractivity contribution in [2.45, 2.75) is 26.2 Å². The summed E-state index contributed by atoms with van der Waals surface area (Å²) < 4.78 is 17.6. The molecule has 0 aliphatic heterocycles. The van der Waals surface area contributed by atoms with Gasteiger partial charge in [0.05, 0.1) is 7.11 Å². The molecular weight excluding hydrogens is 263 g/mol. The molecule has 2 atom stereocenters. The van der Waals surface area contributed by atoms with E-state index in [0.29, 0.717) is 5.56 Å². The highest BCUT2D eigenvalue weighted by molar-refractivity contribution is 5.99. The SMILES string of the molecule is COC(=O)[C@@H](C(C)=O)[C@@H](CC(C)=O)c1ccc(F)cc1. The topological polar surface area (TPSA) is 60.4 Å². The fourth-order valence-electron chi connectivity index (χ4n) is 2.19. The number of halogens is 1. The molecule has 0 aliphatic rings. The summed E-state index contributed by atoms with van der Waals surface area (Å²) in [5, 5.41) is 0. The highest BCUT2D eigenvalue weighted by atomic mass is 19.1. The van der Waals surface area contributed by atoms with Gasteiger partial charge < -0.3 is 9.53 Å². The number of hydrogen-bond acceptors (Lipinski definition) is 4. The Morgan fingerprint density at radius 2 is 1.70 bits per heavy atom. The maximum absolute atomic E-state index is 13.0. The average Bonchev–Trinajstić information content (AvgIpc) is 2.37. The van der Waals surface area contributed by atoms with Gasteiger partial charge in [0.15, 0.2) is 0 Å². The van der Waals surface area contributed by atoms with E-state index in [1.807, 2.05) is 0 Å². The number of carbonyl (C=O) groups excluding carboxylic acids is 3. The molecule has 4 nitrogen and oxygen atoms in total. The number of carbonyl (C=O) groups is 3. The molecule has 108 valence electrons. The Labute approximate surface area is 116 Å². The number of methoxy groups -OCH3 is 1. The van der Waals surface area contributed by atoms with Gasteiger partial charge in [-0.25, -0.2) is 4.39 Å². The second kappa shape index (κ2) is 6.93. The standard InChI is InChI=1S/C15H17FO4/c1-9(17)8-13(11-4-6-12(16)7-5-11)14(10(2)18)15(19)20-3/h4-7,13-14H,8H2,1-3H3/t13-,14-/m0/s1. The van der Waals surface area contributed by atoms with Crippen LogP contribution in [-0.4, -0.2) is 24.6 Å². The first-order valence-corrected chi connectivity index (χ1v) is 6.20. The van der Waals surface area contributed by atoms with E-state index in [1.165, 1.54) is 45.2 Å². The number of hydrogen-bond donors (Lipinski definition) is 0. The lowest BCUT2D eigenvalue weighted by Gasteiger charge is -2.22. The zero-order chi connectivity index (χ0) is 15.3. The van der Waals surface area contributed by atoms with Crippen LogP contribution in [0.3, 0.4) is 0 Å². The van der Waals surface area contributed by atoms with Crippen molar-refractivity contribution in [3.8, 4) is 0 Å². The molecule has 1 aromatic rings. The number of benzene rings is 1. The lowest BCUT2D eigenvalue weighted by atomic mass is 9.80. The Balaban J connectivity index is 3.21. The number of Topliss-reactive ketones (excluding diaryl/α,β-unsaturated/α-hetero) is 2. The van der Waals surface area contributed by atoms with Crippen LogP contribution < -0.4 is 0 Å². The van der Waals surface area contributed by atoms with E-state index in [1.54, 1.807) is 0 Å². The summed E-state index contributed by atoms with van der Waals surface area (Å²) >= 11 is 0. The first-order chi connectivity index (χ1) is 9.36. The minimum Gasteiger partial charge on any atom is -0.468 e. The molecule has 0 aliphatic carbocycles. The third-order valence-electron chi connectivity index (χ3n) is 3.10. The Morgan fingerprint density at radius 3 is 2.10 bits per heavy atom. The number of esters is 1. The first kappa shape index (κ1) is 16.0. The van der Waals surface area contributed by atoms with Crippen LogP contribution in [0.25, 0.3) is 0 Å². The summed E-state index contributed by atoms with van der Waals surface area (Å²) in [7, 11) is 1.19. The highest BCUT2D eigenvalue weighted by Gasteiger charge is 2.35. The number of ketones is 2. The minimum atomic E-state index is -1.06. The Bertz CT molecular complexity index is 507. The van der Waals surface area contributed by atoms with Crippen LogP contribution in [0.1, 0.15) is 31.7 Å². The van der Waals surface area contributed by atoms with E-state index in [4.69, 9.17) is 0 Å². The molecule has 0 unspecified atom stereocenters. The van der Waals surface area contributed by atoms with Crippen molar-refractivity contribution >= 4 is 17.5 Å². The molecule has 0 spiro atoms. The van der Waals surface area contributed by atoms with Gasteiger partial charge in [0, 0.05) is 12.3 Å². The van der Waals surface area contributed by atoms with Crippen molar-refractivity contribution in [1.29, 1.82) is 0 Å². The minimum absolute atomic E-state index is 0.0188. The first-order valence-electron chi connectivity index (χ1n) is 6.20. The summed E-state index contributed by atoms with van der Waals surface area (Å²) in [6, 6.07) is 5.41. The monoisotopic (exact) mass is 280 g/mol. The zero-order valence-corrected chi connectivity index (χ0v) is 11.7. The summed E-state index contributed by atoms with van der Waals surface area (Å²) in [5.74, 6) is -3.35. The summed E-state index contributed by atoms with van der Waals surface area (Å²) in [6.45, 7) is 2.66. The molecule has 1 aromatic carbocycles. The molecule has 0 amide bonds. The lowest BCUT2D eigenvalue weighted by Crippen LogP contribution is -2.31. The van der Waals surface area contributed by atoms with Crippen molar-refractivity contribution in [1.82, 2.24) is 0 Å². The van der Waals surface area contributed by atoms with Crippen LogP contribution in [0, 0.1) is 11.7 Å². The molecule has 0 fully saturated rings. The second-order valence-electron chi connectivity index (χ2n) is 4.68. The van der Waals surface area contributed by atoms with Crippen molar-refractivity contribution in [2.75, 3.05) is 7.11 Å². The highest BCUT2D eigenvalue weighted by Crippen LogP contribution is 2.30. The molecule has 0 bridgehead atoms. The molecule has 0 aromatic heterocycles. The number of rotatable bonds is 6. The Hall–Kier alpha value is -2.04. The van der Waals surface area contributed by atoms with Crippen LogP contribution in [-0.2, 0) is 19.1 Å². The van der Waals surface area contributed by atoms with Crippen LogP contribution in [0.2, 0.25) is 0 Å². The molecule has 0 N–H and O–H groups in total. The van der Waals surface area contributed by atoms with Gasteiger partial charge in [-0.15, -0.1) is 0 Å². The molecular formula is C15H17FO4. The van der Waals surface area contributed by atoms with Gasteiger partial charge in [-0.2, -0.15) is 0 Å². The van der Waals surface area contributed by atoms with E-state index in [9.17, 15) is 18.8 Å². The van der Waals surface area contributed by atoms with Crippen molar-refractivity contribution in [3.05, 3.63) is 35.6 Å².